The maximum atomic E-state index is 4.55. The Balaban J connectivity index is 1.88. The summed E-state index contributed by atoms with van der Waals surface area (Å²) in [6, 6.07) is 9.29. The molecule has 1 atom stereocenters. The van der Waals surface area contributed by atoms with Crippen LogP contribution >= 0.6 is 0 Å². The van der Waals surface area contributed by atoms with Crippen LogP contribution < -0.4 is 5.32 Å². The van der Waals surface area contributed by atoms with Gasteiger partial charge in [-0.2, -0.15) is 0 Å². The third kappa shape index (κ3) is 3.18. The summed E-state index contributed by atoms with van der Waals surface area (Å²) in [5, 5.41) is 3.64. The summed E-state index contributed by atoms with van der Waals surface area (Å²) in [7, 11) is 2.03. The molecule has 0 radical (unpaired) electrons. The highest BCUT2D eigenvalue weighted by atomic mass is 15.0. The van der Waals surface area contributed by atoms with Crippen LogP contribution in [0.4, 0.5) is 0 Å². The van der Waals surface area contributed by atoms with Crippen LogP contribution in [0, 0.1) is 0 Å². The minimum Gasteiger partial charge on any atom is -0.340 e. The lowest BCUT2D eigenvalue weighted by Crippen LogP contribution is -2.24. The Bertz CT molecular complexity index is 584. The van der Waals surface area contributed by atoms with Crippen molar-refractivity contribution in [3.05, 3.63) is 53.6 Å². The summed E-state index contributed by atoms with van der Waals surface area (Å²) >= 11 is 0. The second-order valence-electron chi connectivity index (χ2n) is 6.15. The van der Waals surface area contributed by atoms with E-state index in [0.717, 1.165) is 24.6 Å². The summed E-state index contributed by atoms with van der Waals surface area (Å²) in [5.41, 5.74) is 3.95. The molecule has 21 heavy (non-hydrogen) atoms. The topological polar surface area (TPSA) is 29.9 Å². The number of aromatic nitrogens is 2. The highest BCUT2D eigenvalue weighted by Gasteiger charge is 2.21. The molecule has 0 saturated heterocycles. The van der Waals surface area contributed by atoms with Crippen molar-refractivity contribution in [1.82, 2.24) is 14.9 Å². The molecule has 3 heteroatoms. The molecule has 3 rings (SSSR count). The van der Waals surface area contributed by atoms with Crippen LogP contribution in [0.15, 0.2) is 36.8 Å². The van der Waals surface area contributed by atoms with Gasteiger partial charge in [0.1, 0.15) is 0 Å². The van der Waals surface area contributed by atoms with Crippen molar-refractivity contribution in [1.29, 1.82) is 0 Å². The van der Waals surface area contributed by atoms with Crippen LogP contribution in [0.5, 0.6) is 0 Å². The lowest BCUT2D eigenvalue weighted by Gasteiger charge is -2.27. The van der Waals surface area contributed by atoms with E-state index in [2.05, 4.69) is 47.7 Å². The molecule has 112 valence electrons. The molecule has 1 aliphatic carbocycles. The molecule has 1 heterocycles. The number of benzene rings is 1. The van der Waals surface area contributed by atoms with Crippen LogP contribution in [-0.4, -0.2) is 16.1 Å². The van der Waals surface area contributed by atoms with E-state index in [0.29, 0.717) is 0 Å². The first-order chi connectivity index (χ1) is 10.3. The largest absolute Gasteiger partial charge is 0.340 e. The SMILES string of the molecule is CCCNC(c1cccc(C2CCC2)c1)c1cn(C)cn1. The first-order valence-corrected chi connectivity index (χ1v) is 8.09. The van der Waals surface area contributed by atoms with Crippen LogP contribution in [0.2, 0.25) is 0 Å². The maximum absolute atomic E-state index is 4.55. The second-order valence-corrected chi connectivity index (χ2v) is 6.15. The second kappa shape index (κ2) is 6.44. The Labute approximate surface area is 127 Å². The molecule has 0 amide bonds. The number of imidazole rings is 1. The normalized spacial score (nSPS) is 16.7. The smallest absolute Gasteiger partial charge is 0.0947 e. The molecule has 0 spiro atoms. The summed E-state index contributed by atoms with van der Waals surface area (Å²) < 4.78 is 2.02. The van der Waals surface area contributed by atoms with Crippen LogP contribution in [0.1, 0.15) is 61.4 Å². The van der Waals surface area contributed by atoms with E-state index >= 15 is 0 Å². The molecular formula is C18H25N3. The van der Waals surface area contributed by atoms with Gasteiger partial charge in [0.05, 0.1) is 18.1 Å². The molecule has 1 unspecified atom stereocenters. The fraction of sp³-hybridized carbons (Fsp3) is 0.500. The lowest BCUT2D eigenvalue weighted by molar-refractivity contribution is 0.419. The number of nitrogens with one attached hydrogen (secondary N) is 1. The van der Waals surface area contributed by atoms with Crippen molar-refractivity contribution < 1.29 is 0 Å². The average Bonchev–Trinajstić information content (AvgIpc) is 2.84. The first-order valence-electron chi connectivity index (χ1n) is 8.09. The first kappa shape index (κ1) is 14.3. The van der Waals surface area contributed by atoms with E-state index in [1.54, 1.807) is 0 Å². The van der Waals surface area contributed by atoms with Gasteiger partial charge in [-0.1, -0.05) is 37.6 Å². The van der Waals surface area contributed by atoms with E-state index in [-0.39, 0.29) is 6.04 Å². The van der Waals surface area contributed by atoms with Gasteiger partial charge in [-0.25, -0.2) is 4.98 Å². The summed E-state index contributed by atoms with van der Waals surface area (Å²) in [6.07, 6.45) is 9.20. The van der Waals surface area contributed by atoms with Gasteiger partial charge in [-0.3, -0.25) is 0 Å². The Morgan fingerprint density at radius 1 is 1.38 bits per heavy atom. The van der Waals surface area contributed by atoms with Gasteiger partial charge in [0.15, 0.2) is 0 Å². The van der Waals surface area contributed by atoms with Gasteiger partial charge >= 0.3 is 0 Å². The zero-order valence-corrected chi connectivity index (χ0v) is 13.0. The maximum Gasteiger partial charge on any atom is 0.0947 e. The monoisotopic (exact) mass is 283 g/mol. The van der Waals surface area contributed by atoms with Gasteiger partial charge in [0, 0.05) is 13.2 Å². The minimum absolute atomic E-state index is 0.200. The molecule has 0 aliphatic heterocycles. The molecule has 1 aromatic heterocycles. The number of rotatable bonds is 6. The van der Waals surface area contributed by atoms with Gasteiger partial charge < -0.3 is 9.88 Å². The molecule has 0 bridgehead atoms. The van der Waals surface area contributed by atoms with E-state index < -0.39 is 0 Å². The molecule has 2 aromatic rings. The fourth-order valence-electron chi connectivity index (χ4n) is 3.00. The predicted octanol–water partition coefficient (Wildman–Crippen LogP) is 3.78. The fourth-order valence-corrected chi connectivity index (χ4v) is 3.00. The summed E-state index contributed by atoms with van der Waals surface area (Å²) in [4.78, 5) is 4.55. The Morgan fingerprint density at radius 3 is 2.86 bits per heavy atom. The highest BCUT2D eigenvalue weighted by molar-refractivity contribution is 5.33. The summed E-state index contributed by atoms with van der Waals surface area (Å²) in [5.74, 6) is 0.778. The molecule has 1 aliphatic rings. The molecule has 1 aromatic carbocycles. The number of hydrogen-bond acceptors (Lipinski definition) is 2. The van der Waals surface area contributed by atoms with Gasteiger partial charge in [-0.05, 0) is 42.9 Å². The molecule has 3 nitrogen and oxygen atoms in total. The quantitative estimate of drug-likeness (QED) is 0.874. The van der Waals surface area contributed by atoms with Crippen molar-refractivity contribution in [3.8, 4) is 0 Å². The van der Waals surface area contributed by atoms with Crippen LogP contribution in [-0.2, 0) is 7.05 Å². The Kier molecular flexibility index (Phi) is 4.39. The molecule has 1 fully saturated rings. The van der Waals surface area contributed by atoms with Gasteiger partial charge in [0.25, 0.3) is 0 Å². The van der Waals surface area contributed by atoms with E-state index in [4.69, 9.17) is 0 Å². The van der Waals surface area contributed by atoms with Crippen molar-refractivity contribution in [2.24, 2.45) is 7.05 Å². The third-order valence-corrected chi connectivity index (χ3v) is 4.44. The van der Waals surface area contributed by atoms with Crippen LogP contribution in [0.3, 0.4) is 0 Å². The van der Waals surface area contributed by atoms with Gasteiger partial charge in [0.2, 0.25) is 0 Å². The van der Waals surface area contributed by atoms with E-state index in [1.165, 1.54) is 30.4 Å². The molecule has 1 saturated carbocycles. The highest BCUT2D eigenvalue weighted by Crippen LogP contribution is 2.37. The average molecular weight is 283 g/mol. The Morgan fingerprint density at radius 2 is 2.24 bits per heavy atom. The predicted molar refractivity (Wildman–Crippen MR) is 86.4 cm³/mol. The van der Waals surface area contributed by atoms with Crippen molar-refractivity contribution >= 4 is 0 Å². The third-order valence-electron chi connectivity index (χ3n) is 4.44. The van der Waals surface area contributed by atoms with E-state index in [9.17, 15) is 0 Å². The van der Waals surface area contributed by atoms with Crippen LogP contribution in [0.25, 0.3) is 0 Å². The molecular weight excluding hydrogens is 258 g/mol. The summed E-state index contributed by atoms with van der Waals surface area (Å²) in [6.45, 7) is 3.21. The Hall–Kier alpha value is -1.61. The van der Waals surface area contributed by atoms with Crippen molar-refractivity contribution in [2.45, 2.75) is 44.6 Å². The standard InChI is InChI=1S/C18H25N3/c1-3-10-19-18(17-12-21(2)13-20-17)16-9-5-8-15(11-16)14-6-4-7-14/h5,8-9,11-14,18-19H,3-4,6-7,10H2,1-2H3. The number of nitrogens with zero attached hydrogens (tertiary/aromatic N) is 2. The lowest BCUT2D eigenvalue weighted by atomic mass is 9.79. The number of aryl methyl sites for hydroxylation is 1. The molecule has 1 N–H and O–H groups in total. The van der Waals surface area contributed by atoms with E-state index in [1.807, 2.05) is 17.9 Å². The zero-order chi connectivity index (χ0) is 14.7. The number of hydrogen-bond donors (Lipinski definition) is 1. The van der Waals surface area contributed by atoms with Crippen molar-refractivity contribution in [3.63, 3.8) is 0 Å². The zero-order valence-electron chi connectivity index (χ0n) is 13.0. The van der Waals surface area contributed by atoms with Gasteiger partial charge in [-0.15, -0.1) is 0 Å². The van der Waals surface area contributed by atoms with Crippen molar-refractivity contribution in [2.75, 3.05) is 6.54 Å². The minimum atomic E-state index is 0.200.